The summed E-state index contributed by atoms with van der Waals surface area (Å²) in [6, 6.07) is 3.74. The topological polar surface area (TPSA) is 74.2 Å². The number of unbranched alkanes of at least 4 members (excludes halogenated alkanes) is 2. The summed E-state index contributed by atoms with van der Waals surface area (Å²) in [4.78, 5) is 12.7. The van der Waals surface area contributed by atoms with Crippen LogP contribution in [0.1, 0.15) is 70.9 Å². The number of methoxy groups -OCH3 is 1. The molecule has 1 aliphatic rings. The summed E-state index contributed by atoms with van der Waals surface area (Å²) in [6.45, 7) is 14.1. The summed E-state index contributed by atoms with van der Waals surface area (Å²) >= 11 is 0. The molecular formula is C29H44O6. The summed E-state index contributed by atoms with van der Waals surface area (Å²) in [5, 5.41) is 11.3. The van der Waals surface area contributed by atoms with Crippen LogP contribution in [0.15, 0.2) is 35.9 Å². The van der Waals surface area contributed by atoms with E-state index in [0.29, 0.717) is 31.1 Å². The monoisotopic (exact) mass is 488 g/mol. The number of phenolic OH excluding ortho intramolecular Hbond substituents is 1. The van der Waals surface area contributed by atoms with E-state index in [-0.39, 0.29) is 24.9 Å². The van der Waals surface area contributed by atoms with Gasteiger partial charge in [0.2, 0.25) is 0 Å². The zero-order chi connectivity index (χ0) is 25.8. The Morgan fingerprint density at radius 2 is 1.89 bits per heavy atom. The van der Waals surface area contributed by atoms with Crippen LogP contribution in [-0.4, -0.2) is 51.2 Å². The second-order valence-electron chi connectivity index (χ2n) is 9.79. The lowest BCUT2D eigenvalue weighted by Crippen LogP contribution is -2.35. The fraction of sp³-hybridized carbons (Fsp3) is 0.621. The molecule has 0 radical (unpaired) electrons. The Balaban J connectivity index is 2.28. The number of benzene rings is 1. The maximum atomic E-state index is 12.7. The standard InChI is InChI=1S/C29H44O6/c1-7-8-9-10-23-17-25(30)28(29(5)19-22(4)11-12-24(29)21(2)3)26(18-23)35-27(31)20-34-16-15-33-14-13-32-6/h17-19,24,30H,2,7-16,20H2,1,3-6H3. The molecule has 1 aromatic rings. The maximum Gasteiger partial charge on any atom is 0.337 e. The van der Waals surface area contributed by atoms with E-state index >= 15 is 0 Å². The van der Waals surface area contributed by atoms with E-state index in [0.717, 1.165) is 49.7 Å². The van der Waals surface area contributed by atoms with Crippen molar-refractivity contribution in [2.24, 2.45) is 5.92 Å². The average molecular weight is 489 g/mol. The minimum Gasteiger partial charge on any atom is -0.507 e. The van der Waals surface area contributed by atoms with Crippen molar-refractivity contribution in [3.63, 3.8) is 0 Å². The van der Waals surface area contributed by atoms with Gasteiger partial charge in [-0.15, -0.1) is 0 Å². The number of phenols is 1. The molecule has 0 aromatic heterocycles. The van der Waals surface area contributed by atoms with Crippen molar-refractivity contribution in [2.75, 3.05) is 40.1 Å². The van der Waals surface area contributed by atoms with Crippen molar-refractivity contribution in [2.45, 2.75) is 71.6 Å². The van der Waals surface area contributed by atoms with Gasteiger partial charge < -0.3 is 24.1 Å². The summed E-state index contributed by atoms with van der Waals surface area (Å²) < 4.78 is 21.6. The number of ether oxygens (including phenoxy) is 4. The van der Waals surface area contributed by atoms with Crippen molar-refractivity contribution < 1.29 is 28.8 Å². The predicted molar refractivity (Wildman–Crippen MR) is 139 cm³/mol. The Bertz CT molecular complexity index is 874. The van der Waals surface area contributed by atoms with E-state index < -0.39 is 11.4 Å². The van der Waals surface area contributed by atoms with Gasteiger partial charge in [0, 0.05) is 18.1 Å². The van der Waals surface area contributed by atoms with Gasteiger partial charge in [-0.25, -0.2) is 4.79 Å². The van der Waals surface area contributed by atoms with Crippen LogP contribution in [0.4, 0.5) is 0 Å². The first-order valence-corrected chi connectivity index (χ1v) is 12.8. The SMILES string of the molecule is C=C(C)C1CCC(C)=CC1(C)c1c(O)cc(CCCCC)cc1OC(=O)COCCOCCOC. The van der Waals surface area contributed by atoms with E-state index in [2.05, 4.69) is 33.4 Å². The number of allylic oxidation sites excluding steroid dienone is 3. The van der Waals surface area contributed by atoms with Gasteiger partial charge in [-0.05, 0) is 63.1 Å². The molecule has 196 valence electrons. The van der Waals surface area contributed by atoms with Gasteiger partial charge in [0.25, 0.3) is 0 Å². The lowest BCUT2D eigenvalue weighted by molar-refractivity contribution is -0.140. The molecular weight excluding hydrogens is 444 g/mol. The number of carbonyl (C=O) groups is 1. The van der Waals surface area contributed by atoms with Crippen LogP contribution in [0.5, 0.6) is 11.5 Å². The van der Waals surface area contributed by atoms with Gasteiger partial charge in [0.05, 0.1) is 26.4 Å². The van der Waals surface area contributed by atoms with Crippen LogP contribution in [0.3, 0.4) is 0 Å². The van der Waals surface area contributed by atoms with Gasteiger partial charge in [-0.3, -0.25) is 0 Å². The van der Waals surface area contributed by atoms with Gasteiger partial charge >= 0.3 is 5.97 Å². The molecule has 0 aliphatic heterocycles. The number of rotatable bonds is 15. The third-order valence-electron chi connectivity index (χ3n) is 6.69. The highest BCUT2D eigenvalue weighted by Gasteiger charge is 2.41. The van der Waals surface area contributed by atoms with Crippen LogP contribution < -0.4 is 4.74 Å². The van der Waals surface area contributed by atoms with Gasteiger partial charge in [-0.1, -0.05) is 50.5 Å². The fourth-order valence-corrected chi connectivity index (χ4v) is 5.03. The molecule has 0 amide bonds. The van der Waals surface area contributed by atoms with Gasteiger partial charge in [-0.2, -0.15) is 0 Å². The number of aromatic hydroxyl groups is 1. The van der Waals surface area contributed by atoms with Crippen molar-refractivity contribution in [1.29, 1.82) is 0 Å². The molecule has 6 heteroatoms. The zero-order valence-electron chi connectivity index (χ0n) is 22.3. The van der Waals surface area contributed by atoms with Crippen LogP contribution in [0.2, 0.25) is 0 Å². The first kappa shape index (κ1) is 29.1. The highest BCUT2D eigenvalue weighted by atomic mass is 16.6. The van der Waals surface area contributed by atoms with Crippen LogP contribution >= 0.6 is 0 Å². The van der Waals surface area contributed by atoms with Crippen molar-refractivity contribution in [3.8, 4) is 11.5 Å². The third kappa shape index (κ3) is 8.48. The largest absolute Gasteiger partial charge is 0.507 e. The fourth-order valence-electron chi connectivity index (χ4n) is 5.03. The van der Waals surface area contributed by atoms with E-state index in [1.165, 1.54) is 5.57 Å². The molecule has 1 aliphatic carbocycles. The second-order valence-corrected chi connectivity index (χ2v) is 9.79. The van der Waals surface area contributed by atoms with E-state index in [1.807, 2.05) is 19.1 Å². The van der Waals surface area contributed by atoms with Crippen LogP contribution in [-0.2, 0) is 30.8 Å². The number of esters is 1. The van der Waals surface area contributed by atoms with Crippen LogP contribution in [0.25, 0.3) is 0 Å². The van der Waals surface area contributed by atoms with E-state index in [4.69, 9.17) is 18.9 Å². The Labute approximate surface area is 211 Å². The summed E-state index contributed by atoms with van der Waals surface area (Å²) in [7, 11) is 1.62. The number of hydrogen-bond donors (Lipinski definition) is 1. The molecule has 35 heavy (non-hydrogen) atoms. The normalized spacial score (nSPS) is 19.9. The molecule has 0 saturated carbocycles. The zero-order valence-corrected chi connectivity index (χ0v) is 22.3. The Kier molecular flexibility index (Phi) is 12.0. The average Bonchev–Trinajstić information content (AvgIpc) is 2.78. The molecule has 0 bridgehead atoms. The lowest BCUT2D eigenvalue weighted by atomic mass is 9.63. The summed E-state index contributed by atoms with van der Waals surface area (Å²) in [6.07, 6.45) is 8.17. The molecule has 0 fully saturated rings. The number of carbonyl (C=O) groups excluding carboxylic acids is 1. The first-order valence-electron chi connectivity index (χ1n) is 12.8. The van der Waals surface area contributed by atoms with Crippen LogP contribution in [0, 0.1) is 5.92 Å². The van der Waals surface area contributed by atoms with Gasteiger partial charge in [0.15, 0.2) is 0 Å². The molecule has 0 spiro atoms. The Hall–Kier alpha value is -2.15. The number of aryl methyl sites for hydroxylation is 1. The molecule has 0 saturated heterocycles. The Morgan fingerprint density at radius 1 is 1.17 bits per heavy atom. The summed E-state index contributed by atoms with van der Waals surface area (Å²) in [5.74, 6) is 0.191. The number of hydrogen-bond acceptors (Lipinski definition) is 6. The molecule has 0 heterocycles. The highest BCUT2D eigenvalue weighted by Crippen LogP contribution is 2.51. The highest BCUT2D eigenvalue weighted by molar-refractivity contribution is 5.75. The molecule has 2 atom stereocenters. The Morgan fingerprint density at radius 3 is 2.57 bits per heavy atom. The lowest BCUT2D eigenvalue weighted by Gasteiger charge is -2.41. The smallest absolute Gasteiger partial charge is 0.337 e. The second kappa shape index (κ2) is 14.4. The molecule has 1 aromatic carbocycles. The van der Waals surface area contributed by atoms with E-state index in [1.54, 1.807) is 7.11 Å². The van der Waals surface area contributed by atoms with E-state index in [9.17, 15) is 9.90 Å². The third-order valence-corrected chi connectivity index (χ3v) is 6.69. The quantitative estimate of drug-likeness (QED) is 0.143. The molecule has 2 unspecified atom stereocenters. The van der Waals surface area contributed by atoms with Crippen molar-refractivity contribution in [1.82, 2.24) is 0 Å². The molecule has 1 N–H and O–H groups in total. The minimum atomic E-state index is -0.536. The summed E-state index contributed by atoms with van der Waals surface area (Å²) in [5.41, 5.74) is 3.37. The maximum absolute atomic E-state index is 12.7. The van der Waals surface area contributed by atoms with Crippen molar-refractivity contribution in [3.05, 3.63) is 47.1 Å². The minimum absolute atomic E-state index is 0.126. The van der Waals surface area contributed by atoms with Crippen molar-refractivity contribution >= 4 is 5.97 Å². The first-order chi connectivity index (χ1) is 16.7. The predicted octanol–water partition coefficient (Wildman–Crippen LogP) is 5.90. The molecule has 2 rings (SSSR count). The van der Waals surface area contributed by atoms with Gasteiger partial charge in [0.1, 0.15) is 18.1 Å². The molecule has 6 nitrogen and oxygen atoms in total.